The van der Waals surface area contributed by atoms with Gasteiger partial charge in [0.05, 0.1) is 4.90 Å². The fourth-order valence-electron chi connectivity index (χ4n) is 3.09. The Balaban J connectivity index is 1.39. The largest absolute Gasteiger partial charge is 0.369 e. The zero-order valence-corrected chi connectivity index (χ0v) is 15.8. The van der Waals surface area contributed by atoms with Gasteiger partial charge in [-0.3, -0.25) is 4.90 Å². The lowest BCUT2D eigenvalue weighted by Crippen LogP contribution is -2.47. The van der Waals surface area contributed by atoms with E-state index in [0.29, 0.717) is 13.0 Å². The Morgan fingerprint density at radius 1 is 0.852 bits per heavy atom. The van der Waals surface area contributed by atoms with Gasteiger partial charge in [0.25, 0.3) is 0 Å². The van der Waals surface area contributed by atoms with Crippen LogP contribution in [0, 0.1) is 11.6 Å². The van der Waals surface area contributed by atoms with Crippen LogP contribution in [0.1, 0.15) is 6.42 Å². The molecule has 1 heterocycles. The third-order valence-electron chi connectivity index (χ3n) is 4.63. The van der Waals surface area contributed by atoms with E-state index in [4.69, 9.17) is 0 Å². The van der Waals surface area contributed by atoms with Crippen LogP contribution in [0.4, 0.5) is 14.5 Å². The molecule has 2 aromatic rings. The number of anilines is 1. The van der Waals surface area contributed by atoms with E-state index in [0.717, 1.165) is 50.5 Å². The molecule has 3 rings (SSSR count). The summed E-state index contributed by atoms with van der Waals surface area (Å²) < 4.78 is 52.7. The maximum absolute atomic E-state index is 13.0. The van der Waals surface area contributed by atoms with Gasteiger partial charge in [-0.2, -0.15) is 0 Å². The van der Waals surface area contributed by atoms with Gasteiger partial charge in [-0.15, -0.1) is 0 Å². The molecule has 1 fully saturated rings. The second kappa shape index (κ2) is 8.77. The number of nitrogens with zero attached hydrogens (tertiary/aromatic N) is 2. The summed E-state index contributed by atoms with van der Waals surface area (Å²) >= 11 is 0. The Hall–Kier alpha value is -2.03. The average molecular weight is 395 g/mol. The predicted molar refractivity (Wildman–Crippen MR) is 101 cm³/mol. The van der Waals surface area contributed by atoms with E-state index in [9.17, 15) is 17.2 Å². The monoisotopic (exact) mass is 395 g/mol. The molecule has 0 amide bonds. The van der Waals surface area contributed by atoms with Crippen LogP contribution in [0.15, 0.2) is 53.4 Å². The Morgan fingerprint density at radius 2 is 1.41 bits per heavy atom. The van der Waals surface area contributed by atoms with Gasteiger partial charge in [0, 0.05) is 38.4 Å². The normalized spacial score (nSPS) is 15.9. The fraction of sp³-hybridized carbons (Fsp3) is 0.368. The summed E-state index contributed by atoms with van der Waals surface area (Å²) in [5.41, 5.74) is 1.02. The maximum atomic E-state index is 13.0. The zero-order chi connectivity index (χ0) is 19.3. The maximum Gasteiger partial charge on any atom is 0.240 e. The summed E-state index contributed by atoms with van der Waals surface area (Å²) in [6, 6.07) is 11.3. The number of rotatable bonds is 7. The quantitative estimate of drug-likeness (QED) is 0.732. The van der Waals surface area contributed by atoms with E-state index in [1.165, 1.54) is 24.3 Å². The first kappa shape index (κ1) is 19.7. The van der Waals surface area contributed by atoms with Crippen molar-refractivity contribution in [1.82, 2.24) is 9.62 Å². The fourth-order valence-corrected chi connectivity index (χ4v) is 4.16. The lowest BCUT2D eigenvalue weighted by molar-refractivity contribution is 0.255. The lowest BCUT2D eigenvalue weighted by Gasteiger charge is -2.36. The number of hydrogen-bond donors (Lipinski definition) is 1. The molecule has 0 unspecified atom stereocenters. The second-order valence-electron chi connectivity index (χ2n) is 6.51. The van der Waals surface area contributed by atoms with Crippen molar-refractivity contribution in [2.45, 2.75) is 11.3 Å². The molecule has 2 aromatic carbocycles. The van der Waals surface area contributed by atoms with Gasteiger partial charge in [0.2, 0.25) is 10.0 Å². The molecular formula is C19H23F2N3O2S. The van der Waals surface area contributed by atoms with E-state index >= 15 is 0 Å². The summed E-state index contributed by atoms with van der Waals surface area (Å²) in [6.07, 6.45) is 0.691. The highest BCUT2D eigenvalue weighted by molar-refractivity contribution is 7.89. The molecule has 0 spiro atoms. The van der Waals surface area contributed by atoms with Gasteiger partial charge in [0.15, 0.2) is 0 Å². The Labute approximate surface area is 158 Å². The van der Waals surface area contributed by atoms with Crippen LogP contribution in [-0.2, 0) is 10.0 Å². The van der Waals surface area contributed by atoms with Crippen LogP contribution in [0.3, 0.4) is 0 Å². The van der Waals surface area contributed by atoms with Crippen molar-refractivity contribution < 1.29 is 17.2 Å². The minimum atomic E-state index is -3.60. The molecule has 1 saturated heterocycles. The summed E-state index contributed by atoms with van der Waals surface area (Å²) in [4.78, 5) is 4.57. The number of hydrogen-bond acceptors (Lipinski definition) is 4. The smallest absolute Gasteiger partial charge is 0.240 e. The molecule has 1 aliphatic heterocycles. The minimum absolute atomic E-state index is 0.0665. The molecular weight excluding hydrogens is 372 g/mol. The number of nitrogens with one attached hydrogen (secondary N) is 1. The van der Waals surface area contributed by atoms with Crippen molar-refractivity contribution in [3.8, 4) is 0 Å². The molecule has 1 aliphatic rings. The van der Waals surface area contributed by atoms with Gasteiger partial charge in [-0.05, 0) is 61.5 Å². The summed E-state index contributed by atoms with van der Waals surface area (Å²) in [5.74, 6) is -0.700. The SMILES string of the molecule is O=S(=O)(NCCCN1CCN(c2ccc(F)cc2)CC1)c1ccc(F)cc1. The first-order valence-electron chi connectivity index (χ1n) is 8.92. The molecule has 0 aliphatic carbocycles. The lowest BCUT2D eigenvalue weighted by atomic mass is 10.2. The number of piperazine rings is 1. The number of halogens is 2. The van der Waals surface area contributed by atoms with E-state index in [-0.39, 0.29) is 10.7 Å². The third-order valence-corrected chi connectivity index (χ3v) is 6.11. The van der Waals surface area contributed by atoms with Crippen molar-refractivity contribution in [2.24, 2.45) is 0 Å². The second-order valence-corrected chi connectivity index (χ2v) is 8.28. The van der Waals surface area contributed by atoms with E-state index in [1.807, 2.05) is 0 Å². The van der Waals surface area contributed by atoms with Crippen molar-refractivity contribution in [1.29, 1.82) is 0 Å². The molecule has 0 radical (unpaired) electrons. The van der Waals surface area contributed by atoms with Crippen molar-refractivity contribution in [3.05, 3.63) is 60.2 Å². The number of benzene rings is 2. The standard InChI is InChI=1S/C19H23F2N3O2S/c20-16-2-6-18(7-3-16)24-14-12-23(13-15-24)11-1-10-22-27(25,26)19-8-4-17(21)5-9-19/h2-9,22H,1,10-15H2. The zero-order valence-electron chi connectivity index (χ0n) is 14.9. The molecule has 27 heavy (non-hydrogen) atoms. The highest BCUT2D eigenvalue weighted by atomic mass is 32.2. The van der Waals surface area contributed by atoms with E-state index < -0.39 is 15.8 Å². The first-order valence-corrected chi connectivity index (χ1v) is 10.4. The van der Waals surface area contributed by atoms with Crippen LogP contribution in [0.25, 0.3) is 0 Å². The average Bonchev–Trinajstić information content (AvgIpc) is 2.67. The van der Waals surface area contributed by atoms with Crippen LogP contribution >= 0.6 is 0 Å². The summed E-state index contributed by atoms with van der Waals surface area (Å²) in [7, 11) is -3.60. The van der Waals surface area contributed by atoms with Crippen molar-refractivity contribution >= 4 is 15.7 Å². The summed E-state index contributed by atoms with van der Waals surface area (Å²) in [6.45, 7) is 4.59. The highest BCUT2D eigenvalue weighted by Crippen LogP contribution is 2.17. The first-order chi connectivity index (χ1) is 12.9. The van der Waals surface area contributed by atoms with Gasteiger partial charge >= 0.3 is 0 Å². The van der Waals surface area contributed by atoms with Crippen LogP contribution in [0.5, 0.6) is 0 Å². The van der Waals surface area contributed by atoms with Crippen molar-refractivity contribution in [3.63, 3.8) is 0 Å². The van der Waals surface area contributed by atoms with E-state index in [1.54, 1.807) is 12.1 Å². The van der Waals surface area contributed by atoms with E-state index in [2.05, 4.69) is 14.5 Å². The molecule has 0 saturated carbocycles. The Bertz CT molecular complexity index is 834. The number of sulfonamides is 1. The van der Waals surface area contributed by atoms with Crippen LogP contribution < -0.4 is 9.62 Å². The topological polar surface area (TPSA) is 52.7 Å². The molecule has 0 bridgehead atoms. The predicted octanol–water partition coefficient (Wildman–Crippen LogP) is 2.46. The third kappa shape index (κ3) is 5.47. The molecule has 8 heteroatoms. The summed E-state index contributed by atoms with van der Waals surface area (Å²) in [5, 5.41) is 0. The molecule has 0 atom stereocenters. The van der Waals surface area contributed by atoms with Crippen molar-refractivity contribution in [2.75, 3.05) is 44.2 Å². The molecule has 146 valence electrons. The Kier molecular flexibility index (Phi) is 6.41. The molecule has 5 nitrogen and oxygen atoms in total. The van der Waals surface area contributed by atoms with Crippen LogP contribution in [-0.4, -0.2) is 52.6 Å². The Morgan fingerprint density at radius 3 is 2.00 bits per heavy atom. The van der Waals surface area contributed by atoms with Gasteiger partial charge < -0.3 is 4.90 Å². The van der Waals surface area contributed by atoms with Crippen LogP contribution in [0.2, 0.25) is 0 Å². The molecule has 1 N–H and O–H groups in total. The van der Waals surface area contributed by atoms with Gasteiger partial charge in [0.1, 0.15) is 11.6 Å². The highest BCUT2D eigenvalue weighted by Gasteiger charge is 2.18. The molecule has 0 aromatic heterocycles. The minimum Gasteiger partial charge on any atom is -0.369 e. The van der Waals surface area contributed by atoms with Gasteiger partial charge in [-0.1, -0.05) is 0 Å². The van der Waals surface area contributed by atoms with Gasteiger partial charge in [-0.25, -0.2) is 21.9 Å².